The van der Waals surface area contributed by atoms with Gasteiger partial charge in [0.15, 0.2) is 0 Å². The molecule has 0 aliphatic carbocycles. The Morgan fingerprint density at radius 2 is 1.38 bits per heavy atom. The number of hydrogen-bond acceptors (Lipinski definition) is 2. The highest BCUT2D eigenvalue weighted by Gasteiger charge is 2.26. The molecule has 1 aliphatic rings. The van der Waals surface area contributed by atoms with Crippen LogP contribution in [0.5, 0.6) is 5.75 Å². The van der Waals surface area contributed by atoms with Crippen LogP contribution in [0, 0.1) is 0 Å². The van der Waals surface area contributed by atoms with Crippen molar-refractivity contribution in [3.63, 3.8) is 0 Å². The largest absolute Gasteiger partial charge is 0.507 e. The lowest BCUT2D eigenvalue weighted by molar-refractivity contribution is -0.125. The average molecular weight is 358 g/mol. The number of hydrogen-bond donors (Lipinski definition) is 1. The van der Waals surface area contributed by atoms with Gasteiger partial charge in [0, 0.05) is 30.3 Å². The molecule has 0 bridgehead atoms. The summed E-state index contributed by atoms with van der Waals surface area (Å²) >= 11 is 0. The zero-order valence-electron chi connectivity index (χ0n) is 17.4. The number of nitrogens with zero attached hydrogens (tertiary/aromatic N) is 1. The summed E-state index contributed by atoms with van der Waals surface area (Å²) in [5.41, 5.74) is 2.49. The Bertz CT molecular complexity index is 631. The molecule has 0 saturated carbocycles. The molecule has 1 aliphatic heterocycles. The third kappa shape index (κ3) is 5.12. The third-order valence-electron chi connectivity index (χ3n) is 5.08. The SMILES string of the molecule is CC(C)(C)c1cc(C=CC(=O)N2CCCCCC2)cc(C(C)(C)C)c1O. The van der Waals surface area contributed by atoms with Gasteiger partial charge in [-0.1, -0.05) is 54.4 Å². The Morgan fingerprint density at radius 1 is 0.923 bits per heavy atom. The Kier molecular flexibility index (Phi) is 6.21. The van der Waals surface area contributed by atoms with Gasteiger partial charge in [-0.3, -0.25) is 4.79 Å². The smallest absolute Gasteiger partial charge is 0.246 e. The van der Waals surface area contributed by atoms with Crippen LogP contribution < -0.4 is 0 Å². The highest BCUT2D eigenvalue weighted by Crippen LogP contribution is 2.40. The van der Waals surface area contributed by atoms with E-state index >= 15 is 0 Å². The molecule has 144 valence electrons. The van der Waals surface area contributed by atoms with Gasteiger partial charge in [0.05, 0.1) is 0 Å². The van der Waals surface area contributed by atoms with E-state index in [1.807, 2.05) is 23.1 Å². The van der Waals surface area contributed by atoms with E-state index in [1.54, 1.807) is 6.08 Å². The molecule has 3 heteroatoms. The lowest BCUT2D eigenvalue weighted by Gasteiger charge is -2.28. The first-order chi connectivity index (χ1) is 12.0. The fourth-order valence-corrected chi connectivity index (χ4v) is 3.46. The standard InChI is InChI=1S/C23H35NO2/c1-22(2,3)18-15-17(16-19(21(18)26)23(4,5)6)11-12-20(25)24-13-9-7-8-10-14-24/h11-12,15-16,26H,7-10,13-14H2,1-6H3. The van der Waals surface area contributed by atoms with Crippen molar-refractivity contribution in [2.24, 2.45) is 0 Å². The molecule has 26 heavy (non-hydrogen) atoms. The molecular weight excluding hydrogens is 322 g/mol. The molecule has 0 aromatic heterocycles. The van der Waals surface area contributed by atoms with Gasteiger partial charge >= 0.3 is 0 Å². The maximum atomic E-state index is 12.5. The van der Waals surface area contributed by atoms with Crippen molar-refractivity contribution in [2.45, 2.75) is 78.1 Å². The molecule has 0 atom stereocenters. The molecular formula is C23H35NO2. The number of carbonyl (C=O) groups excluding carboxylic acids is 1. The summed E-state index contributed by atoms with van der Waals surface area (Å²) in [5, 5.41) is 10.8. The van der Waals surface area contributed by atoms with Crippen molar-refractivity contribution < 1.29 is 9.90 Å². The Labute approximate surface area is 159 Å². The summed E-state index contributed by atoms with van der Waals surface area (Å²) in [6.45, 7) is 14.3. The fraction of sp³-hybridized carbons (Fsp3) is 0.609. The zero-order chi connectivity index (χ0) is 19.5. The van der Waals surface area contributed by atoms with Gasteiger partial charge in [0.1, 0.15) is 5.75 Å². The van der Waals surface area contributed by atoms with E-state index < -0.39 is 0 Å². The van der Waals surface area contributed by atoms with Gasteiger partial charge in [0.2, 0.25) is 5.91 Å². The summed E-state index contributed by atoms with van der Waals surface area (Å²) in [5.74, 6) is 0.468. The summed E-state index contributed by atoms with van der Waals surface area (Å²) in [7, 11) is 0. The molecule has 3 nitrogen and oxygen atoms in total. The van der Waals surface area contributed by atoms with Crippen LogP contribution in [-0.2, 0) is 15.6 Å². The third-order valence-corrected chi connectivity index (χ3v) is 5.08. The summed E-state index contributed by atoms with van der Waals surface area (Å²) in [4.78, 5) is 14.5. The second kappa shape index (κ2) is 7.85. The van der Waals surface area contributed by atoms with Crippen LogP contribution in [0.3, 0.4) is 0 Å². The number of amides is 1. The first kappa shape index (κ1) is 20.5. The number of phenolic OH excluding ortho intramolecular Hbond substituents is 1. The maximum absolute atomic E-state index is 12.5. The first-order valence-electron chi connectivity index (χ1n) is 9.85. The predicted molar refractivity (Wildman–Crippen MR) is 110 cm³/mol. The maximum Gasteiger partial charge on any atom is 0.246 e. The van der Waals surface area contributed by atoms with Gasteiger partial charge < -0.3 is 10.0 Å². The van der Waals surface area contributed by atoms with Crippen LogP contribution >= 0.6 is 0 Å². The molecule has 0 unspecified atom stereocenters. The van der Waals surface area contributed by atoms with E-state index in [0.717, 1.165) is 42.6 Å². The molecule has 1 aromatic rings. The van der Waals surface area contributed by atoms with Gasteiger partial charge in [-0.05, 0) is 47.4 Å². The van der Waals surface area contributed by atoms with Gasteiger partial charge in [0.25, 0.3) is 0 Å². The van der Waals surface area contributed by atoms with Crippen LogP contribution in [0.2, 0.25) is 0 Å². The van der Waals surface area contributed by atoms with Gasteiger partial charge in [-0.25, -0.2) is 0 Å². The highest BCUT2D eigenvalue weighted by atomic mass is 16.3. The summed E-state index contributed by atoms with van der Waals surface area (Å²) in [6.07, 6.45) is 8.22. The van der Waals surface area contributed by atoms with Crippen LogP contribution in [0.4, 0.5) is 0 Å². The minimum atomic E-state index is -0.164. The monoisotopic (exact) mass is 357 g/mol. The predicted octanol–water partition coefficient (Wildman–Crippen LogP) is 5.40. The Morgan fingerprint density at radius 3 is 1.81 bits per heavy atom. The number of rotatable bonds is 2. The number of likely N-dealkylation sites (tertiary alicyclic amines) is 1. The Balaban J connectivity index is 2.35. The van der Waals surface area contributed by atoms with Gasteiger partial charge in [-0.15, -0.1) is 0 Å². The molecule has 1 saturated heterocycles. The van der Waals surface area contributed by atoms with E-state index in [-0.39, 0.29) is 16.7 Å². The molecule has 1 N–H and O–H groups in total. The molecule has 1 amide bonds. The molecule has 0 spiro atoms. The number of phenols is 1. The number of aromatic hydroxyl groups is 1. The van der Waals surface area contributed by atoms with Crippen molar-refractivity contribution in [3.05, 3.63) is 34.9 Å². The molecule has 1 fully saturated rings. The van der Waals surface area contributed by atoms with Crippen LogP contribution in [-0.4, -0.2) is 29.0 Å². The lowest BCUT2D eigenvalue weighted by atomic mass is 9.78. The van der Waals surface area contributed by atoms with Crippen LogP contribution in [0.15, 0.2) is 18.2 Å². The van der Waals surface area contributed by atoms with E-state index in [9.17, 15) is 9.90 Å². The number of carbonyl (C=O) groups is 1. The van der Waals surface area contributed by atoms with Crippen molar-refractivity contribution in [3.8, 4) is 5.75 Å². The lowest BCUT2D eigenvalue weighted by Crippen LogP contribution is -2.30. The topological polar surface area (TPSA) is 40.5 Å². The highest BCUT2D eigenvalue weighted by molar-refractivity contribution is 5.92. The van der Waals surface area contributed by atoms with E-state index in [2.05, 4.69) is 41.5 Å². The van der Waals surface area contributed by atoms with E-state index in [1.165, 1.54) is 12.8 Å². The van der Waals surface area contributed by atoms with Gasteiger partial charge in [-0.2, -0.15) is 0 Å². The van der Waals surface area contributed by atoms with Crippen molar-refractivity contribution in [1.82, 2.24) is 4.90 Å². The fourth-order valence-electron chi connectivity index (χ4n) is 3.46. The molecule has 2 rings (SSSR count). The average Bonchev–Trinajstić information content (AvgIpc) is 2.80. The van der Waals surface area contributed by atoms with E-state index in [0.29, 0.717) is 5.75 Å². The summed E-state index contributed by atoms with van der Waals surface area (Å²) in [6, 6.07) is 4.02. The number of benzene rings is 1. The molecule has 0 radical (unpaired) electrons. The normalized spacial score (nSPS) is 16.8. The second-order valence-corrected chi connectivity index (χ2v) is 9.54. The van der Waals surface area contributed by atoms with Crippen molar-refractivity contribution in [2.75, 3.05) is 13.1 Å². The summed E-state index contributed by atoms with van der Waals surface area (Å²) < 4.78 is 0. The quantitative estimate of drug-likeness (QED) is 0.720. The van der Waals surface area contributed by atoms with Crippen molar-refractivity contribution in [1.29, 1.82) is 0 Å². The minimum absolute atomic E-state index is 0.0922. The first-order valence-corrected chi connectivity index (χ1v) is 9.85. The minimum Gasteiger partial charge on any atom is -0.507 e. The van der Waals surface area contributed by atoms with E-state index in [4.69, 9.17) is 0 Å². The van der Waals surface area contributed by atoms with Crippen LogP contribution in [0.1, 0.15) is 83.9 Å². The Hall–Kier alpha value is -1.77. The molecule has 1 aromatic carbocycles. The zero-order valence-corrected chi connectivity index (χ0v) is 17.4. The van der Waals surface area contributed by atoms with Crippen molar-refractivity contribution >= 4 is 12.0 Å². The van der Waals surface area contributed by atoms with Crippen LogP contribution in [0.25, 0.3) is 6.08 Å². The molecule has 1 heterocycles. The second-order valence-electron chi connectivity index (χ2n) is 9.54.